The van der Waals surface area contributed by atoms with Gasteiger partial charge in [-0.05, 0) is 63.4 Å². The zero-order chi connectivity index (χ0) is 26.0. The number of nitrogens with one attached hydrogen (secondary N) is 1. The van der Waals surface area contributed by atoms with Crippen molar-refractivity contribution >= 4 is 12.1 Å². The Morgan fingerprint density at radius 1 is 1.03 bits per heavy atom. The van der Waals surface area contributed by atoms with Crippen LogP contribution in [0.25, 0.3) is 0 Å². The number of alkyl halides is 2. The van der Waals surface area contributed by atoms with Crippen LogP contribution in [0.4, 0.5) is 13.6 Å². The molecule has 1 N–H and O–H groups in total. The minimum atomic E-state index is -3.22. The highest BCUT2D eigenvalue weighted by molar-refractivity contribution is 5.76. The number of esters is 1. The highest BCUT2D eigenvalue weighted by atomic mass is 19.3. The van der Waals surface area contributed by atoms with Gasteiger partial charge in [-0.15, -0.1) is 0 Å². The molecule has 2 fully saturated rings. The lowest BCUT2D eigenvalue weighted by Gasteiger charge is -2.45. The Balaban J connectivity index is 1.80. The molecule has 0 aromatic heterocycles. The SMILES string of the molecule is C[C@@H]1CC[C@@H](C(C)(C)c2ccccc2)[C@H](OC(=O)[C@H]2CCCC(F)(F)[C@H]2NC(=O)OC(C)(C)C)C1. The van der Waals surface area contributed by atoms with Crippen molar-refractivity contribution in [3.63, 3.8) is 0 Å². The van der Waals surface area contributed by atoms with Gasteiger partial charge in [0.1, 0.15) is 17.7 Å². The number of ether oxygens (including phenoxy) is 2. The molecule has 5 nitrogen and oxygen atoms in total. The van der Waals surface area contributed by atoms with Crippen LogP contribution in [0, 0.1) is 17.8 Å². The number of carbonyl (C=O) groups excluding carboxylic acids is 2. The molecule has 7 heteroatoms. The molecule has 1 aromatic rings. The Morgan fingerprint density at radius 3 is 2.31 bits per heavy atom. The monoisotopic (exact) mass is 493 g/mol. The Hall–Kier alpha value is -2.18. The number of amides is 1. The molecule has 5 atom stereocenters. The van der Waals surface area contributed by atoms with Crippen LogP contribution in [0.2, 0.25) is 0 Å². The van der Waals surface area contributed by atoms with E-state index in [1.807, 2.05) is 18.2 Å². The number of carbonyl (C=O) groups is 2. The van der Waals surface area contributed by atoms with Crippen molar-refractivity contribution in [3.8, 4) is 0 Å². The molecule has 0 spiro atoms. The summed E-state index contributed by atoms with van der Waals surface area (Å²) in [5, 5.41) is 2.30. The Kier molecular flexibility index (Phi) is 8.17. The number of alkyl carbamates (subject to hydrolysis) is 1. The minimum absolute atomic E-state index is 0.0615. The number of benzene rings is 1. The minimum Gasteiger partial charge on any atom is -0.462 e. The van der Waals surface area contributed by atoms with E-state index in [0.29, 0.717) is 12.3 Å². The van der Waals surface area contributed by atoms with Gasteiger partial charge in [0, 0.05) is 12.3 Å². The average Bonchev–Trinajstić information content (AvgIpc) is 2.74. The van der Waals surface area contributed by atoms with E-state index >= 15 is 0 Å². The Morgan fingerprint density at radius 2 is 1.69 bits per heavy atom. The fraction of sp³-hybridized carbons (Fsp3) is 0.714. The van der Waals surface area contributed by atoms with Gasteiger partial charge in [-0.1, -0.05) is 57.5 Å². The number of rotatable bonds is 5. The summed E-state index contributed by atoms with van der Waals surface area (Å²) in [4.78, 5) is 25.7. The van der Waals surface area contributed by atoms with Crippen molar-refractivity contribution in [1.29, 1.82) is 0 Å². The van der Waals surface area contributed by atoms with E-state index in [-0.39, 0.29) is 36.7 Å². The van der Waals surface area contributed by atoms with Crippen LogP contribution in [0.15, 0.2) is 30.3 Å². The molecule has 35 heavy (non-hydrogen) atoms. The van der Waals surface area contributed by atoms with Crippen LogP contribution < -0.4 is 5.32 Å². The molecule has 0 unspecified atom stereocenters. The second-order valence-electron chi connectivity index (χ2n) is 12.0. The van der Waals surface area contributed by atoms with Gasteiger partial charge in [-0.3, -0.25) is 4.79 Å². The van der Waals surface area contributed by atoms with Gasteiger partial charge in [-0.25, -0.2) is 13.6 Å². The summed E-state index contributed by atoms with van der Waals surface area (Å²) in [5.41, 5.74) is 0.0736. The molecule has 2 aliphatic carbocycles. The van der Waals surface area contributed by atoms with Gasteiger partial charge in [0.15, 0.2) is 0 Å². The number of halogens is 2. The van der Waals surface area contributed by atoms with Gasteiger partial charge in [0.25, 0.3) is 5.92 Å². The normalized spacial score (nSPS) is 29.2. The van der Waals surface area contributed by atoms with Crippen LogP contribution in [0.1, 0.15) is 85.6 Å². The predicted molar refractivity (Wildman–Crippen MR) is 131 cm³/mol. The molecule has 2 saturated carbocycles. The van der Waals surface area contributed by atoms with Crippen molar-refractivity contribution in [1.82, 2.24) is 5.32 Å². The third kappa shape index (κ3) is 6.73. The highest BCUT2D eigenvalue weighted by Gasteiger charge is 2.52. The largest absolute Gasteiger partial charge is 0.462 e. The van der Waals surface area contributed by atoms with E-state index in [1.165, 1.54) is 0 Å². The summed E-state index contributed by atoms with van der Waals surface area (Å²) in [5.74, 6) is -4.56. The zero-order valence-corrected chi connectivity index (χ0v) is 21.9. The van der Waals surface area contributed by atoms with E-state index < -0.39 is 35.5 Å². The Bertz CT molecular complexity index is 881. The first kappa shape index (κ1) is 27.4. The van der Waals surface area contributed by atoms with E-state index in [9.17, 15) is 18.4 Å². The maximum Gasteiger partial charge on any atom is 0.408 e. The molecule has 1 amide bonds. The Labute approximate surface area is 208 Å². The van der Waals surface area contributed by atoms with Crippen LogP contribution in [0.5, 0.6) is 0 Å². The fourth-order valence-corrected chi connectivity index (χ4v) is 5.67. The van der Waals surface area contributed by atoms with E-state index in [0.717, 1.165) is 18.4 Å². The van der Waals surface area contributed by atoms with Gasteiger partial charge in [0.05, 0.1) is 5.92 Å². The molecule has 0 bridgehead atoms. The van der Waals surface area contributed by atoms with Gasteiger partial charge in [0.2, 0.25) is 0 Å². The molecule has 0 radical (unpaired) electrons. The van der Waals surface area contributed by atoms with Crippen molar-refractivity contribution < 1.29 is 27.8 Å². The summed E-state index contributed by atoms with van der Waals surface area (Å²) < 4.78 is 41.1. The average molecular weight is 494 g/mol. The fourth-order valence-electron chi connectivity index (χ4n) is 5.67. The number of hydrogen-bond acceptors (Lipinski definition) is 4. The first-order valence-corrected chi connectivity index (χ1v) is 12.8. The van der Waals surface area contributed by atoms with Crippen molar-refractivity contribution in [2.24, 2.45) is 17.8 Å². The van der Waals surface area contributed by atoms with Crippen LogP contribution in [-0.2, 0) is 19.7 Å². The lowest BCUT2D eigenvalue weighted by Crippen LogP contribution is -2.57. The van der Waals surface area contributed by atoms with Crippen molar-refractivity contribution in [2.45, 2.75) is 109 Å². The summed E-state index contributed by atoms with van der Waals surface area (Å²) in [6, 6.07) is 8.49. The maximum absolute atomic E-state index is 14.9. The quantitative estimate of drug-likeness (QED) is 0.467. The third-order valence-electron chi connectivity index (χ3n) is 7.62. The third-order valence-corrected chi connectivity index (χ3v) is 7.62. The predicted octanol–water partition coefficient (Wildman–Crippen LogP) is 6.64. The topological polar surface area (TPSA) is 64.6 Å². The van der Waals surface area contributed by atoms with E-state index in [1.54, 1.807) is 20.8 Å². The molecular formula is C28H41F2NO4. The molecule has 3 rings (SSSR count). The summed E-state index contributed by atoms with van der Waals surface area (Å²) >= 11 is 0. The molecular weight excluding hydrogens is 452 g/mol. The highest BCUT2D eigenvalue weighted by Crippen LogP contribution is 2.45. The van der Waals surface area contributed by atoms with Crippen LogP contribution in [0.3, 0.4) is 0 Å². The standard InChI is InChI=1S/C28H41F2NO4/c1-18-14-15-21(27(5,6)19-11-8-7-9-12-19)22(17-18)34-24(32)20-13-10-16-28(29,30)23(20)31-25(33)35-26(2,3)4/h7-9,11-12,18,20-23H,10,13-17H2,1-6H3,(H,31,33)/t18-,20+,21-,22-,23+/m1/s1. The first-order valence-electron chi connectivity index (χ1n) is 12.8. The number of hydrogen-bond donors (Lipinski definition) is 1. The maximum atomic E-state index is 14.9. The van der Waals surface area contributed by atoms with Crippen LogP contribution in [-0.4, -0.2) is 35.7 Å². The first-order chi connectivity index (χ1) is 16.2. The molecule has 0 aliphatic heterocycles. The van der Waals surface area contributed by atoms with E-state index in [4.69, 9.17) is 9.47 Å². The lowest BCUT2D eigenvalue weighted by atomic mass is 9.64. The van der Waals surface area contributed by atoms with Crippen LogP contribution >= 0.6 is 0 Å². The summed E-state index contributed by atoms with van der Waals surface area (Å²) in [6.45, 7) is 11.4. The lowest BCUT2D eigenvalue weighted by molar-refractivity contribution is -0.171. The molecule has 0 heterocycles. The zero-order valence-electron chi connectivity index (χ0n) is 21.9. The van der Waals surface area contributed by atoms with Crippen molar-refractivity contribution in [2.75, 3.05) is 0 Å². The molecule has 1 aromatic carbocycles. The van der Waals surface area contributed by atoms with E-state index in [2.05, 4.69) is 38.2 Å². The summed E-state index contributed by atoms with van der Waals surface area (Å²) in [7, 11) is 0. The second kappa shape index (κ2) is 10.4. The van der Waals surface area contributed by atoms with Gasteiger partial charge >= 0.3 is 12.1 Å². The van der Waals surface area contributed by atoms with Crippen molar-refractivity contribution in [3.05, 3.63) is 35.9 Å². The second-order valence-corrected chi connectivity index (χ2v) is 12.0. The summed E-state index contributed by atoms with van der Waals surface area (Å²) in [6.07, 6.45) is 1.33. The van der Waals surface area contributed by atoms with Gasteiger partial charge in [-0.2, -0.15) is 0 Å². The molecule has 196 valence electrons. The molecule has 0 saturated heterocycles. The smallest absolute Gasteiger partial charge is 0.408 e. The van der Waals surface area contributed by atoms with Gasteiger partial charge < -0.3 is 14.8 Å². The molecule has 2 aliphatic rings.